The van der Waals surface area contributed by atoms with Gasteiger partial charge in [0, 0.05) is 42.3 Å². The molecule has 1 atom stereocenters. The van der Waals surface area contributed by atoms with Crippen LogP contribution in [0.25, 0.3) is 0 Å². The zero-order chi connectivity index (χ0) is 16.3. The summed E-state index contributed by atoms with van der Waals surface area (Å²) in [6, 6.07) is 4.42. The van der Waals surface area contributed by atoms with Gasteiger partial charge >= 0.3 is 0 Å². The highest BCUT2D eigenvalue weighted by Crippen LogP contribution is 2.25. The Bertz CT molecular complexity index is 592. The van der Waals surface area contributed by atoms with E-state index >= 15 is 0 Å². The van der Waals surface area contributed by atoms with Crippen LogP contribution in [0.4, 0.5) is 0 Å². The van der Waals surface area contributed by atoms with Crippen LogP contribution in [-0.2, 0) is 10.0 Å². The standard InChI is InChI=1S/C14H20Cl2N2O3S/c1-2-13(10-19)17-3-5-18(6-4-17)22(20,21)14-8-11(15)7-12(16)9-14/h7-9,13,19H,2-6,10H2,1H3/t13-/m1/s1. The SMILES string of the molecule is CC[C@H](CO)N1CCN(S(=O)(=O)c2cc(Cl)cc(Cl)c2)CC1. The number of sulfonamides is 1. The van der Waals surface area contributed by atoms with Crippen molar-refractivity contribution in [2.45, 2.75) is 24.3 Å². The van der Waals surface area contributed by atoms with Gasteiger partial charge in [-0.2, -0.15) is 4.31 Å². The van der Waals surface area contributed by atoms with E-state index in [4.69, 9.17) is 23.2 Å². The molecule has 0 radical (unpaired) electrons. The van der Waals surface area contributed by atoms with E-state index in [1.165, 1.54) is 22.5 Å². The highest BCUT2D eigenvalue weighted by Gasteiger charge is 2.30. The lowest BCUT2D eigenvalue weighted by Crippen LogP contribution is -2.52. The van der Waals surface area contributed by atoms with Crippen LogP contribution in [-0.4, -0.2) is 61.6 Å². The third kappa shape index (κ3) is 3.93. The van der Waals surface area contributed by atoms with Crippen molar-refractivity contribution in [1.29, 1.82) is 0 Å². The molecular formula is C14H20Cl2N2O3S. The molecule has 124 valence electrons. The number of aliphatic hydroxyl groups is 1. The van der Waals surface area contributed by atoms with Crippen molar-refractivity contribution in [3.63, 3.8) is 0 Å². The Morgan fingerprint density at radius 2 is 1.68 bits per heavy atom. The van der Waals surface area contributed by atoms with Crippen LogP contribution in [0.5, 0.6) is 0 Å². The van der Waals surface area contributed by atoms with Gasteiger partial charge in [-0.25, -0.2) is 8.42 Å². The Labute approximate surface area is 141 Å². The Hall–Kier alpha value is -0.370. The van der Waals surface area contributed by atoms with E-state index in [0.717, 1.165) is 6.42 Å². The van der Waals surface area contributed by atoms with Crippen LogP contribution < -0.4 is 0 Å². The molecule has 5 nitrogen and oxygen atoms in total. The summed E-state index contributed by atoms with van der Waals surface area (Å²) in [5, 5.41) is 9.94. The molecule has 1 fully saturated rings. The average molecular weight is 367 g/mol. The van der Waals surface area contributed by atoms with Crippen LogP contribution >= 0.6 is 23.2 Å². The number of rotatable bonds is 5. The van der Waals surface area contributed by atoms with Crippen LogP contribution in [0.15, 0.2) is 23.1 Å². The summed E-state index contributed by atoms with van der Waals surface area (Å²) < 4.78 is 26.7. The van der Waals surface area contributed by atoms with Crippen molar-refractivity contribution in [2.75, 3.05) is 32.8 Å². The van der Waals surface area contributed by atoms with Gasteiger partial charge in [-0.1, -0.05) is 30.1 Å². The van der Waals surface area contributed by atoms with Crippen LogP contribution in [0, 0.1) is 0 Å². The fraction of sp³-hybridized carbons (Fsp3) is 0.571. The fourth-order valence-electron chi connectivity index (χ4n) is 2.64. The third-order valence-corrected chi connectivity index (χ3v) is 6.26. The first-order valence-corrected chi connectivity index (χ1v) is 9.39. The molecule has 0 saturated carbocycles. The molecule has 0 spiro atoms. The van der Waals surface area contributed by atoms with E-state index in [9.17, 15) is 13.5 Å². The Morgan fingerprint density at radius 1 is 1.14 bits per heavy atom. The van der Waals surface area contributed by atoms with Crippen molar-refractivity contribution < 1.29 is 13.5 Å². The van der Waals surface area contributed by atoms with E-state index in [0.29, 0.717) is 36.2 Å². The highest BCUT2D eigenvalue weighted by molar-refractivity contribution is 7.89. The Balaban J connectivity index is 2.12. The first-order chi connectivity index (χ1) is 10.4. The lowest BCUT2D eigenvalue weighted by molar-refractivity contribution is 0.0881. The number of hydrogen-bond acceptors (Lipinski definition) is 4. The Morgan fingerprint density at radius 3 is 2.14 bits per heavy atom. The molecule has 1 aromatic carbocycles. The zero-order valence-electron chi connectivity index (χ0n) is 12.4. The third-order valence-electron chi connectivity index (χ3n) is 3.95. The minimum atomic E-state index is -3.59. The van der Waals surface area contributed by atoms with Crippen molar-refractivity contribution in [3.8, 4) is 0 Å². The molecule has 1 aliphatic rings. The molecule has 1 aliphatic heterocycles. The average Bonchev–Trinajstić information content (AvgIpc) is 2.48. The maximum Gasteiger partial charge on any atom is 0.243 e. The summed E-state index contributed by atoms with van der Waals surface area (Å²) in [7, 11) is -3.59. The summed E-state index contributed by atoms with van der Waals surface area (Å²) in [6.45, 7) is 4.09. The number of hydrogen-bond donors (Lipinski definition) is 1. The molecule has 1 heterocycles. The molecule has 0 aliphatic carbocycles. The molecule has 0 unspecified atom stereocenters. The normalized spacial score (nSPS) is 19.3. The molecular weight excluding hydrogens is 347 g/mol. The molecule has 8 heteroatoms. The maximum absolute atomic E-state index is 12.6. The van der Waals surface area contributed by atoms with Crippen LogP contribution in [0.1, 0.15) is 13.3 Å². The number of halogens is 2. The van der Waals surface area contributed by atoms with Gasteiger partial charge in [0.2, 0.25) is 10.0 Å². The van der Waals surface area contributed by atoms with Crippen LogP contribution in [0.3, 0.4) is 0 Å². The topological polar surface area (TPSA) is 60.9 Å². The van der Waals surface area contributed by atoms with Gasteiger partial charge < -0.3 is 5.11 Å². The lowest BCUT2D eigenvalue weighted by atomic mass is 10.2. The number of benzene rings is 1. The molecule has 0 bridgehead atoms. The van der Waals surface area contributed by atoms with E-state index in [2.05, 4.69) is 4.90 Å². The molecule has 0 aromatic heterocycles. The first kappa shape index (κ1) is 18.0. The molecule has 2 rings (SSSR count). The van der Waals surface area contributed by atoms with E-state index in [1.807, 2.05) is 6.92 Å². The second kappa shape index (κ2) is 7.47. The predicted octanol–water partition coefficient (Wildman–Crippen LogP) is 2.07. The minimum absolute atomic E-state index is 0.0884. The summed E-state index contributed by atoms with van der Waals surface area (Å²) in [5.74, 6) is 0. The summed E-state index contributed by atoms with van der Waals surface area (Å²) in [6.07, 6.45) is 0.840. The van der Waals surface area contributed by atoms with Gasteiger partial charge in [0.05, 0.1) is 11.5 Å². The van der Waals surface area contributed by atoms with Gasteiger partial charge in [-0.3, -0.25) is 4.90 Å². The number of aliphatic hydroxyl groups excluding tert-OH is 1. The molecule has 22 heavy (non-hydrogen) atoms. The van der Waals surface area contributed by atoms with Crippen molar-refractivity contribution in [2.24, 2.45) is 0 Å². The maximum atomic E-state index is 12.6. The van der Waals surface area contributed by atoms with E-state index in [-0.39, 0.29) is 17.5 Å². The van der Waals surface area contributed by atoms with E-state index in [1.54, 1.807) is 0 Å². The zero-order valence-corrected chi connectivity index (χ0v) is 14.7. The summed E-state index contributed by atoms with van der Waals surface area (Å²) in [5.41, 5.74) is 0. The van der Waals surface area contributed by atoms with Gasteiger partial charge in [0.15, 0.2) is 0 Å². The molecule has 0 amide bonds. The van der Waals surface area contributed by atoms with Crippen molar-refractivity contribution >= 4 is 33.2 Å². The van der Waals surface area contributed by atoms with Crippen molar-refractivity contribution in [3.05, 3.63) is 28.2 Å². The van der Waals surface area contributed by atoms with Gasteiger partial charge in [-0.15, -0.1) is 0 Å². The van der Waals surface area contributed by atoms with Gasteiger partial charge in [0.25, 0.3) is 0 Å². The molecule has 1 saturated heterocycles. The Kier molecular flexibility index (Phi) is 6.10. The highest BCUT2D eigenvalue weighted by atomic mass is 35.5. The number of piperazine rings is 1. The second-order valence-electron chi connectivity index (χ2n) is 5.29. The smallest absolute Gasteiger partial charge is 0.243 e. The number of nitrogens with zero attached hydrogens (tertiary/aromatic N) is 2. The van der Waals surface area contributed by atoms with E-state index < -0.39 is 10.0 Å². The lowest BCUT2D eigenvalue weighted by Gasteiger charge is -2.37. The summed E-state index contributed by atoms with van der Waals surface area (Å²) >= 11 is 11.8. The summed E-state index contributed by atoms with van der Waals surface area (Å²) in [4.78, 5) is 2.24. The quantitative estimate of drug-likeness (QED) is 0.866. The first-order valence-electron chi connectivity index (χ1n) is 7.19. The predicted molar refractivity (Wildman–Crippen MR) is 88.0 cm³/mol. The van der Waals surface area contributed by atoms with Crippen molar-refractivity contribution in [1.82, 2.24) is 9.21 Å². The molecule has 1 aromatic rings. The second-order valence-corrected chi connectivity index (χ2v) is 8.10. The van der Waals surface area contributed by atoms with Gasteiger partial charge in [-0.05, 0) is 24.6 Å². The largest absolute Gasteiger partial charge is 0.395 e. The monoisotopic (exact) mass is 366 g/mol. The fourth-order valence-corrected chi connectivity index (χ4v) is 4.79. The van der Waals surface area contributed by atoms with Crippen LogP contribution in [0.2, 0.25) is 10.0 Å². The molecule has 1 N–H and O–H groups in total. The minimum Gasteiger partial charge on any atom is -0.395 e. The van der Waals surface area contributed by atoms with Gasteiger partial charge in [0.1, 0.15) is 0 Å².